The summed E-state index contributed by atoms with van der Waals surface area (Å²) in [7, 11) is 1.33. The van der Waals surface area contributed by atoms with Crippen LogP contribution in [0, 0.1) is 6.92 Å². The number of benzene rings is 1. The number of thioether (sulfide) groups is 1. The molecule has 1 unspecified atom stereocenters. The fraction of sp³-hybridized carbons (Fsp3) is 0.385. The maximum atomic E-state index is 11.9. The van der Waals surface area contributed by atoms with Gasteiger partial charge in [0.15, 0.2) is 0 Å². The Hall–Kier alpha value is -0.530. The monoisotopic (exact) mass is 423 g/mol. The van der Waals surface area contributed by atoms with E-state index in [9.17, 15) is 9.59 Å². The van der Waals surface area contributed by atoms with E-state index in [0.717, 1.165) is 14.5 Å². The Bertz CT molecular complexity index is 499. The number of ether oxygens (including phenoxy) is 1. The molecule has 0 fully saturated rings. The number of rotatable bonds is 5. The van der Waals surface area contributed by atoms with E-state index in [1.807, 2.05) is 19.1 Å². The molecule has 7 heteroatoms. The summed E-state index contributed by atoms with van der Waals surface area (Å²) < 4.78 is 6.23. The van der Waals surface area contributed by atoms with E-state index in [-0.39, 0.29) is 22.9 Å². The molecule has 1 N–H and O–H groups in total. The van der Waals surface area contributed by atoms with Crippen molar-refractivity contribution in [2.24, 2.45) is 0 Å². The smallest absolute Gasteiger partial charge is 0.318 e. The number of halogens is 2. The largest absolute Gasteiger partial charge is 0.468 e. The van der Waals surface area contributed by atoms with E-state index >= 15 is 0 Å². The van der Waals surface area contributed by atoms with E-state index in [2.05, 4.69) is 41.9 Å². The van der Waals surface area contributed by atoms with Gasteiger partial charge < -0.3 is 10.1 Å². The van der Waals surface area contributed by atoms with Crippen molar-refractivity contribution < 1.29 is 14.3 Å². The lowest BCUT2D eigenvalue weighted by molar-refractivity contribution is -0.139. The number of anilines is 1. The third-order valence-electron chi connectivity index (χ3n) is 2.45. The summed E-state index contributed by atoms with van der Waals surface area (Å²) >= 11 is 8.06. The quantitative estimate of drug-likeness (QED) is 0.731. The van der Waals surface area contributed by atoms with Gasteiger partial charge >= 0.3 is 5.97 Å². The van der Waals surface area contributed by atoms with E-state index in [0.29, 0.717) is 5.69 Å². The molecule has 0 aliphatic heterocycles. The molecule has 0 aromatic heterocycles. The highest BCUT2D eigenvalue weighted by Crippen LogP contribution is 2.32. The summed E-state index contributed by atoms with van der Waals surface area (Å²) in [6.07, 6.45) is 0. The highest BCUT2D eigenvalue weighted by molar-refractivity contribution is 9.11. The molecule has 0 heterocycles. The van der Waals surface area contributed by atoms with Gasteiger partial charge in [-0.25, -0.2) is 0 Å². The Balaban J connectivity index is 2.62. The van der Waals surface area contributed by atoms with E-state index < -0.39 is 0 Å². The van der Waals surface area contributed by atoms with Crippen molar-refractivity contribution in [3.8, 4) is 0 Å². The van der Waals surface area contributed by atoms with Crippen LogP contribution in [-0.4, -0.2) is 30.0 Å². The minimum atomic E-state index is -0.365. The molecule has 20 heavy (non-hydrogen) atoms. The number of methoxy groups -OCH3 is 1. The minimum Gasteiger partial charge on any atom is -0.468 e. The third-order valence-corrected chi connectivity index (χ3v) is 4.82. The number of nitrogens with one attached hydrogen (secondary N) is 1. The van der Waals surface area contributed by atoms with Gasteiger partial charge in [-0.3, -0.25) is 9.59 Å². The number of carbonyl (C=O) groups excluding carboxylic acids is 2. The van der Waals surface area contributed by atoms with Crippen LogP contribution in [-0.2, 0) is 14.3 Å². The molecule has 4 nitrogen and oxygen atoms in total. The van der Waals surface area contributed by atoms with Crippen LogP contribution >= 0.6 is 43.6 Å². The summed E-state index contributed by atoms with van der Waals surface area (Å²) in [5.41, 5.74) is 1.77. The molecule has 0 radical (unpaired) electrons. The van der Waals surface area contributed by atoms with Crippen LogP contribution < -0.4 is 5.32 Å². The molecule has 0 aliphatic carbocycles. The van der Waals surface area contributed by atoms with Gasteiger partial charge in [0.1, 0.15) is 5.25 Å². The van der Waals surface area contributed by atoms with Crippen LogP contribution in [0.15, 0.2) is 21.1 Å². The second-order valence-electron chi connectivity index (χ2n) is 4.13. The van der Waals surface area contributed by atoms with E-state index in [1.165, 1.54) is 18.9 Å². The molecule has 1 rings (SSSR count). The number of hydrogen-bond acceptors (Lipinski definition) is 4. The highest BCUT2D eigenvalue weighted by Gasteiger charge is 2.16. The average molecular weight is 425 g/mol. The topological polar surface area (TPSA) is 55.4 Å². The van der Waals surface area contributed by atoms with Gasteiger partial charge in [-0.05, 0) is 63.4 Å². The van der Waals surface area contributed by atoms with Gasteiger partial charge in [0.25, 0.3) is 0 Å². The number of carbonyl (C=O) groups is 2. The molecule has 110 valence electrons. The van der Waals surface area contributed by atoms with Crippen LogP contribution in [0.25, 0.3) is 0 Å². The Morgan fingerprint density at radius 3 is 2.40 bits per heavy atom. The van der Waals surface area contributed by atoms with E-state index in [1.54, 1.807) is 6.92 Å². The molecular formula is C13H15Br2NO3S. The predicted molar refractivity (Wildman–Crippen MR) is 89.1 cm³/mol. The molecule has 1 amide bonds. The van der Waals surface area contributed by atoms with Crippen molar-refractivity contribution in [3.63, 3.8) is 0 Å². The Labute approximate surface area is 139 Å². The Kier molecular flexibility index (Phi) is 7.05. The number of aryl methyl sites for hydroxylation is 1. The second-order valence-corrected chi connectivity index (χ2v) is 7.17. The van der Waals surface area contributed by atoms with Gasteiger partial charge in [-0.2, -0.15) is 0 Å². The summed E-state index contributed by atoms with van der Waals surface area (Å²) in [5, 5.41) is 2.45. The zero-order valence-electron chi connectivity index (χ0n) is 11.3. The SMILES string of the molecule is COC(=O)C(C)SCC(=O)Nc1c(Br)cc(C)cc1Br. The van der Waals surface area contributed by atoms with Gasteiger partial charge in [0.2, 0.25) is 5.91 Å². The zero-order valence-corrected chi connectivity index (χ0v) is 15.3. The van der Waals surface area contributed by atoms with Crippen molar-refractivity contribution in [2.45, 2.75) is 19.1 Å². The number of hydrogen-bond donors (Lipinski definition) is 1. The third kappa shape index (κ3) is 5.10. The van der Waals surface area contributed by atoms with Gasteiger partial charge in [-0.15, -0.1) is 11.8 Å². The predicted octanol–water partition coefficient (Wildman–Crippen LogP) is 3.75. The summed E-state index contributed by atoms with van der Waals surface area (Å²) in [5.74, 6) is -0.320. The maximum Gasteiger partial charge on any atom is 0.318 e. The van der Waals surface area contributed by atoms with Crippen molar-refractivity contribution in [2.75, 3.05) is 18.2 Å². The van der Waals surface area contributed by atoms with Gasteiger partial charge in [-0.1, -0.05) is 0 Å². The molecule has 0 aliphatic rings. The fourth-order valence-corrected chi connectivity index (χ4v) is 3.75. The van der Waals surface area contributed by atoms with Gasteiger partial charge in [0, 0.05) is 8.95 Å². The normalized spacial score (nSPS) is 11.8. The summed E-state index contributed by atoms with van der Waals surface area (Å²) in [4.78, 5) is 23.1. The molecule has 0 bridgehead atoms. The fourth-order valence-electron chi connectivity index (χ4n) is 1.43. The zero-order chi connectivity index (χ0) is 15.3. The molecular weight excluding hydrogens is 410 g/mol. The summed E-state index contributed by atoms with van der Waals surface area (Å²) in [6.45, 7) is 3.68. The summed E-state index contributed by atoms with van der Waals surface area (Å²) in [6, 6.07) is 3.84. The standard InChI is InChI=1S/C13H15Br2NO3S/c1-7-4-9(14)12(10(15)5-7)16-11(17)6-20-8(2)13(18)19-3/h4-5,8H,6H2,1-3H3,(H,16,17). The van der Waals surface area contributed by atoms with Gasteiger partial charge in [0.05, 0.1) is 18.6 Å². The van der Waals surface area contributed by atoms with Crippen molar-refractivity contribution in [3.05, 3.63) is 26.6 Å². The first-order chi connectivity index (χ1) is 9.35. The number of amides is 1. The maximum absolute atomic E-state index is 11.9. The number of esters is 1. The van der Waals surface area contributed by atoms with Crippen LogP contribution in [0.3, 0.4) is 0 Å². The molecule has 0 saturated carbocycles. The Morgan fingerprint density at radius 2 is 1.90 bits per heavy atom. The lowest BCUT2D eigenvalue weighted by Gasteiger charge is -2.12. The first-order valence-corrected chi connectivity index (χ1v) is 8.43. The highest BCUT2D eigenvalue weighted by atomic mass is 79.9. The second kappa shape index (κ2) is 8.05. The van der Waals surface area contributed by atoms with Crippen LogP contribution in [0.4, 0.5) is 5.69 Å². The lowest BCUT2D eigenvalue weighted by atomic mass is 10.2. The van der Waals surface area contributed by atoms with Crippen LogP contribution in [0.1, 0.15) is 12.5 Å². The molecule has 0 saturated heterocycles. The first-order valence-electron chi connectivity index (χ1n) is 5.80. The van der Waals surface area contributed by atoms with Crippen LogP contribution in [0.2, 0.25) is 0 Å². The first kappa shape index (κ1) is 17.5. The Morgan fingerprint density at radius 1 is 1.35 bits per heavy atom. The minimum absolute atomic E-state index is 0.170. The lowest BCUT2D eigenvalue weighted by Crippen LogP contribution is -2.20. The van der Waals surface area contributed by atoms with Crippen molar-refractivity contribution >= 4 is 61.2 Å². The van der Waals surface area contributed by atoms with Crippen molar-refractivity contribution in [1.82, 2.24) is 0 Å². The molecule has 1 aromatic carbocycles. The molecule has 1 atom stereocenters. The van der Waals surface area contributed by atoms with Crippen molar-refractivity contribution in [1.29, 1.82) is 0 Å². The van der Waals surface area contributed by atoms with Crippen LogP contribution in [0.5, 0.6) is 0 Å². The van der Waals surface area contributed by atoms with E-state index in [4.69, 9.17) is 0 Å². The molecule has 0 spiro atoms. The molecule has 1 aromatic rings. The average Bonchev–Trinajstić information content (AvgIpc) is 2.39.